The first kappa shape index (κ1) is 17.9. The zero-order valence-corrected chi connectivity index (χ0v) is 13.5. The molecular formula is C11H26KNO. The largest absolute Gasteiger partial charge is 1.00 e. The van der Waals surface area contributed by atoms with Crippen LogP contribution in [-0.2, 0) is 0 Å². The van der Waals surface area contributed by atoms with Crippen molar-refractivity contribution in [2.45, 2.75) is 59.1 Å². The van der Waals surface area contributed by atoms with Gasteiger partial charge in [-0.15, -0.1) is 0 Å². The fraction of sp³-hybridized carbons (Fsp3) is 1.00. The van der Waals surface area contributed by atoms with Crippen LogP contribution in [0.25, 0.3) is 0 Å². The maximum absolute atomic E-state index is 9.70. The van der Waals surface area contributed by atoms with Gasteiger partial charge >= 0.3 is 51.4 Å². The van der Waals surface area contributed by atoms with Crippen LogP contribution < -0.4 is 51.4 Å². The summed E-state index contributed by atoms with van der Waals surface area (Å²) < 4.78 is 0. The molecule has 0 aliphatic rings. The minimum Gasteiger partial charge on any atom is -1.00 e. The van der Waals surface area contributed by atoms with Gasteiger partial charge in [-0.1, -0.05) is 33.6 Å². The topological polar surface area (TPSA) is 23.5 Å². The average Bonchev–Trinajstić information content (AvgIpc) is 2.17. The van der Waals surface area contributed by atoms with Gasteiger partial charge < -0.3 is 6.53 Å². The quantitative estimate of drug-likeness (QED) is 0.456. The van der Waals surface area contributed by atoms with Crippen LogP contribution in [0.1, 0.15) is 54.3 Å². The molecule has 0 aromatic heterocycles. The van der Waals surface area contributed by atoms with Crippen LogP contribution in [0, 0.1) is 0 Å². The van der Waals surface area contributed by atoms with Crippen LogP contribution in [0.15, 0.2) is 0 Å². The molecule has 0 aromatic carbocycles. The van der Waals surface area contributed by atoms with Crippen LogP contribution in [0.3, 0.4) is 0 Å². The molecule has 0 fully saturated rings. The van der Waals surface area contributed by atoms with Crippen molar-refractivity contribution in [1.82, 2.24) is 4.90 Å². The van der Waals surface area contributed by atoms with Crippen LogP contribution >= 0.6 is 0 Å². The summed E-state index contributed by atoms with van der Waals surface area (Å²) in [6.07, 6.45) is 5.42. The first-order chi connectivity index (χ1) is 6.26. The summed E-state index contributed by atoms with van der Waals surface area (Å²) in [4.78, 5) is 2.20. The molecule has 3 heteroatoms. The van der Waals surface area contributed by atoms with E-state index in [9.17, 15) is 5.11 Å². The predicted molar refractivity (Wildman–Crippen MR) is 58.8 cm³/mol. The van der Waals surface area contributed by atoms with Gasteiger partial charge in [-0.2, -0.15) is 0 Å². The summed E-state index contributed by atoms with van der Waals surface area (Å²) >= 11 is 0. The van der Waals surface area contributed by atoms with Gasteiger partial charge in [0.05, 0.1) is 0 Å². The molecule has 0 spiro atoms. The normalized spacial score (nSPS) is 12.6. The third-order valence-electron chi connectivity index (χ3n) is 2.38. The average molecular weight is 227 g/mol. The number of aliphatic hydroxyl groups is 1. The Balaban J connectivity index is -0.000000720. The van der Waals surface area contributed by atoms with Gasteiger partial charge in [-0.3, -0.25) is 4.90 Å². The molecule has 1 unspecified atom stereocenters. The van der Waals surface area contributed by atoms with Crippen molar-refractivity contribution in [3.8, 4) is 0 Å². The number of rotatable bonds is 8. The van der Waals surface area contributed by atoms with E-state index in [0.29, 0.717) is 0 Å². The van der Waals surface area contributed by atoms with E-state index in [1.54, 1.807) is 0 Å². The van der Waals surface area contributed by atoms with Crippen LogP contribution in [0.5, 0.6) is 0 Å². The molecule has 0 heterocycles. The summed E-state index contributed by atoms with van der Waals surface area (Å²) in [7, 11) is 0. The Hall–Kier alpha value is 1.56. The molecule has 0 amide bonds. The van der Waals surface area contributed by atoms with Crippen LogP contribution in [0.4, 0.5) is 0 Å². The maximum atomic E-state index is 9.70. The van der Waals surface area contributed by atoms with Gasteiger partial charge in [0.1, 0.15) is 6.23 Å². The first-order valence-electron chi connectivity index (χ1n) is 5.68. The Kier molecular flexibility index (Phi) is 16.2. The number of nitrogens with zero attached hydrogens (tertiary/aromatic N) is 1. The fourth-order valence-electron chi connectivity index (χ4n) is 1.39. The van der Waals surface area contributed by atoms with E-state index >= 15 is 0 Å². The molecule has 0 rings (SSSR count). The third kappa shape index (κ3) is 8.83. The van der Waals surface area contributed by atoms with E-state index < -0.39 is 0 Å². The van der Waals surface area contributed by atoms with E-state index in [0.717, 1.165) is 19.5 Å². The van der Waals surface area contributed by atoms with Gasteiger partial charge in [0, 0.05) is 13.1 Å². The summed E-state index contributed by atoms with van der Waals surface area (Å²) in [6.45, 7) is 8.51. The number of hydrogen-bond donors (Lipinski definition) is 1. The molecular weight excluding hydrogens is 201 g/mol. The van der Waals surface area contributed by atoms with Crippen molar-refractivity contribution in [1.29, 1.82) is 0 Å². The van der Waals surface area contributed by atoms with Gasteiger partial charge in [0.2, 0.25) is 0 Å². The molecule has 14 heavy (non-hydrogen) atoms. The van der Waals surface area contributed by atoms with Crippen molar-refractivity contribution in [2.24, 2.45) is 0 Å². The summed E-state index contributed by atoms with van der Waals surface area (Å²) in [5, 5.41) is 9.70. The van der Waals surface area contributed by atoms with Gasteiger partial charge in [0.15, 0.2) is 0 Å². The number of unbranched alkanes of at least 4 members (excludes halogenated alkanes) is 2. The Labute approximate surface area is 133 Å². The molecule has 0 saturated heterocycles. The molecule has 0 radical (unpaired) electrons. The molecule has 0 aliphatic heterocycles. The smallest absolute Gasteiger partial charge is 1.00 e. The second kappa shape index (κ2) is 12.6. The van der Waals surface area contributed by atoms with Crippen molar-refractivity contribution in [3.05, 3.63) is 0 Å². The SMILES string of the molecule is CCCCN(CCCC)C(O)CC.[H-].[K+]. The van der Waals surface area contributed by atoms with E-state index in [1.165, 1.54) is 25.7 Å². The zero-order chi connectivity index (χ0) is 10.1. The molecule has 82 valence electrons. The zero-order valence-electron chi connectivity index (χ0n) is 11.4. The summed E-state index contributed by atoms with van der Waals surface area (Å²) in [5.41, 5.74) is 0. The summed E-state index contributed by atoms with van der Waals surface area (Å²) in [6, 6.07) is 0. The fourth-order valence-corrected chi connectivity index (χ4v) is 1.39. The minimum absolute atomic E-state index is 0. The van der Waals surface area contributed by atoms with E-state index in [-0.39, 0.29) is 59.0 Å². The molecule has 2 nitrogen and oxygen atoms in total. The Morgan fingerprint density at radius 1 is 1.07 bits per heavy atom. The molecule has 0 saturated carbocycles. The third-order valence-corrected chi connectivity index (χ3v) is 2.38. The van der Waals surface area contributed by atoms with E-state index in [2.05, 4.69) is 18.7 Å². The van der Waals surface area contributed by atoms with Gasteiger partial charge in [-0.25, -0.2) is 0 Å². The summed E-state index contributed by atoms with van der Waals surface area (Å²) in [5.74, 6) is 0. The Morgan fingerprint density at radius 3 is 1.79 bits per heavy atom. The maximum Gasteiger partial charge on any atom is 1.00 e. The van der Waals surface area contributed by atoms with Gasteiger partial charge in [-0.05, 0) is 19.3 Å². The van der Waals surface area contributed by atoms with Crippen molar-refractivity contribution in [3.63, 3.8) is 0 Å². The van der Waals surface area contributed by atoms with Crippen LogP contribution in [0.2, 0.25) is 0 Å². The predicted octanol–water partition coefficient (Wildman–Crippen LogP) is -0.266. The minimum atomic E-state index is -0.224. The van der Waals surface area contributed by atoms with Gasteiger partial charge in [0.25, 0.3) is 0 Å². The molecule has 0 aromatic rings. The Bertz CT molecular complexity index is 109. The van der Waals surface area contributed by atoms with E-state index in [4.69, 9.17) is 0 Å². The monoisotopic (exact) mass is 227 g/mol. The molecule has 0 aliphatic carbocycles. The Morgan fingerprint density at radius 2 is 1.50 bits per heavy atom. The molecule has 0 bridgehead atoms. The van der Waals surface area contributed by atoms with Crippen molar-refractivity contribution in [2.75, 3.05) is 13.1 Å². The second-order valence-electron chi connectivity index (χ2n) is 3.63. The van der Waals surface area contributed by atoms with Crippen molar-refractivity contribution >= 4 is 0 Å². The second-order valence-corrected chi connectivity index (χ2v) is 3.63. The van der Waals surface area contributed by atoms with E-state index in [1.807, 2.05) is 6.92 Å². The number of hydrogen-bond acceptors (Lipinski definition) is 2. The van der Waals surface area contributed by atoms with Crippen molar-refractivity contribution < 1.29 is 57.9 Å². The molecule has 1 N–H and O–H groups in total. The molecule has 1 atom stereocenters. The van der Waals surface area contributed by atoms with Crippen LogP contribution in [-0.4, -0.2) is 29.3 Å². The standard InChI is InChI=1S/C11H25NO.K.H/c1-4-7-9-12(10-8-5-2)11(13)6-3;;/h11,13H,4-10H2,1-3H3;;/q;+1;-1. The number of aliphatic hydroxyl groups excluding tert-OH is 1. The first-order valence-corrected chi connectivity index (χ1v) is 5.68.